The molecule has 3 rings (SSSR count). The van der Waals surface area contributed by atoms with Crippen LogP contribution in [0.25, 0.3) is 0 Å². The number of anilines is 2. The Balaban J connectivity index is 1.59. The first-order chi connectivity index (χ1) is 14.0. The van der Waals surface area contributed by atoms with Crippen LogP contribution >= 0.6 is 0 Å². The normalized spacial score (nSPS) is 10.3. The van der Waals surface area contributed by atoms with Crippen molar-refractivity contribution < 1.29 is 9.59 Å². The summed E-state index contributed by atoms with van der Waals surface area (Å²) in [4.78, 5) is 24.9. The first kappa shape index (κ1) is 20.1. The van der Waals surface area contributed by atoms with E-state index in [2.05, 4.69) is 16.0 Å². The van der Waals surface area contributed by atoms with Crippen LogP contribution in [0.3, 0.4) is 0 Å². The lowest BCUT2D eigenvalue weighted by Crippen LogP contribution is -2.26. The molecule has 0 saturated carbocycles. The van der Waals surface area contributed by atoms with E-state index in [0.717, 1.165) is 22.4 Å². The fourth-order valence-corrected chi connectivity index (χ4v) is 3.03. The van der Waals surface area contributed by atoms with Crippen LogP contribution in [-0.2, 0) is 11.3 Å². The van der Waals surface area contributed by atoms with Gasteiger partial charge in [-0.15, -0.1) is 0 Å². The van der Waals surface area contributed by atoms with Gasteiger partial charge in [0.1, 0.15) is 0 Å². The number of rotatable bonds is 7. The van der Waals surface area contributed by atoms with Crippen LogP contribution < -0.4 is 16.0 Å². The third-order valence-corrected chi connectivity index (χ3v) is 4.56. The quantitative estimate of drug-likeness (QED) is 0.567. The molecule has 2 amide bonds. The van der Waals surface area contributed by atoms with Gasteiger partial charge in [-0.25, -0.2) is 0 Å². The maximum atomic E-state index is 12.6. The maximum Gasteiger partial charge on any atom is 0.253 e. The van der Waals surface area contributed by atoms with Gasteiger partial charge in [-0.2, -0.15) is 0 Å². The van der Waals surface area contributed by atoms with E-state index in [0.29, 0.717) is 17.8 Å². The molecule has 5 heteroatoms. The second-order valence-corrected chi connectivity index (χ2v) is 6.93. The average Bonchev–Trinajstić information content (AvgIpc) is 2.73. The van der Waals surface area contributed by atoms with Gasteiger partial charge in [0.15, 0.2) is 0 Å². The Bertz CT molecular complexity index is 1000. The Hall–Kier alpha value is -3.60. The van der Waals surface area contributed by atoms with Gasteiger partial charge in [-0.05, 0) is 43.2 Å². The molecule has 3 aromatic rings. The van der Waals surface area contributed by atoms with Crippen molar-refractivity contribution in [3.05, 3.63) is 95.1 Å². The van der Waals surface area contributed by atoms with E-state index in [1.165, 1.54) is 0 Å². The highest BCUT2D eigenvalue weighted by Gasteiger charge is 2.12. The van der Waals surface area contributed by atoms with Crippen molar-refractivity contribution in [1.82, 2.24) is 5.32 Å². The van der Waals surface area contributed by atoms with Crippen molar-refractivity contribution in [2.45, 2.75) is 20.4 Å². The molecule has 0 spiro atoms. The number of hydrogen-bond donors (Lipinski definition) is 3. The molecular formula is C24H25N3O2. The van der Waals surface area contributed by atoms with Gasteiger partial charge in [-0.1, -0.05) is 60.2 Å². The minimum Gasteiger partial charge on any atom is -0.376 e. The number of amides is 2. The second-order valence-electron chi connectivity index (χ2n) is 6.93. The minimum absolute atomic E-state index is 0.0658. The number of aryl methyl sites for hydroxylation is 2. The summed E-state index contributed by atoms with van der Waals surface area (Å²) in [6.45, 7) is 4.49. The zero-order chi connectivity index (χ0) is 20.6. The summed E-state index contributed by atoms with van der Waals surface area (Å²) in [5, 5.41) is 8.89. The van der Waals surface area contributed by atoms with Gasteiger partial charge in [0.05, 0.1) is 12.1 Å². The van der Waals surface area contributed by atoms with Crippen molar-refractivity contribution in [2.24, 2.45) is 0 Å². The van der Waals surface area contributed by atoms with Crippen molar-refractivity contribution in [3.8, 4) is 0 Å². The first-order valence-corrected chi connectivity index (χ1v) is 9.55. The Morgan fingerprint density at radius 2 is 1.55 bits per heavy atom. The average molecular weight is 387 g/mol. The summed E-state index contributed by atoms with van der Waals surface area (Å²) in [6, 6.07) is 22.8. The van der Waals surface area contributed by atoms with Crippen LogP contribution in [0, 0.1) is 13.8 Å². The van der Waals surface area contributed by atoms with Crippen LogP contribution in [0.5, 0.6) is 0 Å². The first-order valence-electron chi connectivity index (χ1n) is 9.55. The molecule has 0 atom stereocenters. The Morgan fingerprint density at radius 3 is 2.31 bits per heavy atom. The molecule has 0 bridgehead atoms. The van der Waals surface area contributed by atoms with Gasteiger partial charge < -0.3 is 16.0 Å². The van der Waals surface area contributed by atoms with E-state index in [4.69, 9.17) is 0 Å². The highest BCUT2D eigenvalue weighted by molar-refractivity contribution is 6.01. The van der Waals surface area contributed by atoms with E-state index in [1.54, 1.807) is 18.2 Å². The number of nitrogens with one attached hydrogen (secondary N) is 3. The van der Waals surface area contributed by atoms with Gasteiger partial charge in [0.25, 0.3) is 5.91 Å². The molecule has 0 aromatic heterocycles. The monoisotopic (exact) mass is 387 g/mol. The summed E-state index contributed by atoms with van der Waals surface area (Å²) in [5.41, 5.74) is 5.10. The Labute approximate surface area is 171 Å². The maximum absolute atomic E-state index is 12.6. The number of carbonyl (C=O) groups is 2. The van der Waals surface area contributed by atoms with Crippen molar-refractivity contribution in [1.29, 1.82) is 0 Å². The van der Waals surface area contributed by atoms with Crippen LogP contribution in [0.1, 0.15) is 27.0 Å². The van der Waals surface area contributed by atoms with Crippen LogP contribution in [0.4, 0.5) is 11.4 Å². The van der Waals surface area contributed by atoms with Crippen LogP contribution in [0.15, 0.2) is 72.8 Å². The lowest BCUT2D eigenvalue weighted by Gasteiger charge is -2.13. The largest absolute Gasteiger partial charge is 0.376 e. The number of para-hydroxylation sites is 1. The zero-order valence-corrected chi connectivity index (χ0v) is 16.7. The zero-order valence-electron chi connectivity index (χ0n) is 16.7. The van der Waals surface area contributed by atoms with E-state index < -0.39 is 0 Å². The Morgan fingerprint density at radius 1 is 0.828 bits per heavy atom. The van der Waals surface area contributed by atoms with Gasteiger partial charge in [0.2, 0.25) is 5.91 Å². The highest BCUT2D eigenvalue weighted by atomic mass is 16.2. The fourth-order valence-electron chi connectivity index (χ4n) is 3.03. The minimum atomic E-state index is -0.188. The number of hydrogen-bond acceptors (Lipinski definition) is 3. The summed E-state index contributed by atoms with van der Waals surface area (Å²) in [6.07, 6.45) is 0. The van der Waals surface area contributed by atoms with Crippen molar-refractivity contribution >= 4 is 23.2 Å². The molecule has 0 aliphatic rings. The third kappa shape index (κ3) is 5.69. The molecule has 29 heavy (non-hydrogen) atoms. The van der Waals surface area contributed by atoms with Crippen LogP contribution in [0.2, 0.25) is 0 Å². The smallest absolute Gasteiger partial charge is 0.253 e. The van der Waals surface area contributed by atoms with E-state index in [9.17, 15) is 9.59 Å². The SMILES string of the molecule is Cc1ccc(NC(=O)CNc2ccccc2C(=O)NCc2ccccc2)c(C)c1. The van der Waals surface area contributed by atoms with E-state index >= 15 is 0 Å². The summed E-state index contributed by atoms with van der Waals surface area (Å²) in [7, 11) is 0. The molecule has 0 radical (unpaired) electrons. The number of benzene rings is 3. The molecule has 3 N–H and O–H groups in total. The molecule has 3 aromatic carbocycles. The predicted octanol–water partition coefficient (Wildman–Crippen LogP) is 4.28. The number of carbonyl (C=O) groups excluding carboxylic acids is 2. The summed E-state index contributed by atoms with van der Waals surface area (Å²) in [5.74, 6) is -0.358. The predicted molar refractivity (Wildman–Crippen MR) is 117 cm³/mol. The molecule has 148 valence electrons. The standard InChI is InChI=1S/C24H25N3O2/c1-17-12-13-21(18(2)14-17)27-23(28)16-25-22-11-7-6-10-20(22)24(29)26-15-19-8-4-3-5-9-19/h3-14,25H,15-16H2,1-2H3,(H,26,29)(H,27,28). The van der Waals surface area contributed by atoms with Crippen molar-refractivity contribution in [2.75, 3.05) is 17.2 Å². The topological polar surface area (TPSA) is 70.2 Å². The molecule has 0 saturated heterocycles. The van der Waals surface area contributed by atoms with Crippen molar-refractivity contribution in [3.63, 3.8) is 0 Å². The lowest BCUT2D eigenvalue weighted by molar-refractivity contribution is -0.114. The fraction of sp³-hybridized carbons (Fsp3) is 0.167. The highest BCUT2D eigenvalue weighted by Crippen LogP contribution is 2.17. The Kier molecular flexibility index (Phi) is 6.63. The van der Waals surface area contributed by atoms with E-state index in [1.807, 2.05) is 68.4 Å². The molecule has 5 nitrogen and oxygen atoms in total. The molecule has 0 fully saturated rings. The second kappa shape index (κ2) is 9.55. The van der Waals surface area contributed by atoms with Crippen LogP contribution in [-0.4, -0.2) is 18.4 Å². The lowest BCUT2D eigenvalue weighted by atomic mass is 10.1. The molecule has 0 aliphatic heterocycles. The van der Waals surface area contributed by atoms with Gasteiger partial charge in [0, 0.05) is 17.9 Å². The molecular weight excluding hydrogens is 362 g/mol. The third-order valence-electron chi connectivity index (χ3n) is 4.56. The van der Waals surface area contributed by atoms with Gasteiger partial charge in [-0.3, -0.25) is 9.59 Å². The molecule has 0 unspecified atom stereocenters. The van der Waals surface area contributed by atoms with Gasteiger partial charge >= 0.3 is 0 Å². The molecule has 0 aliphatic carbocycles. The van der Waals surface area contributed by atoms with E-state index in [-0.39, 0.29) is 18.4 Å². The summed E-state index contributed by atoms with van der Waals surface area (Å²) < 4.78 is 0. The molecule has 0 heterocycles. The summed E-state index contributed by atoms with van der Waals surface area (Å²) >= 11 is 0.